The van der Waals surface area contributed by atoms with Gasteiger partial charge in [-0.2, -0.15) is 26.3 Å². The number of alkyl halides is 8. The molecule has 54 heavy (non-hydrogen) atoms. The third-order valence-electron chi connectivity index (χ3n) is 11.0. The van der Waals surface area contributed by atoms with Crippen LogP contribution in [0.4, 0.5) is 42.1 Å². The number of imide groups is 2. The van der Waals surface area contributed by atoms with Crippen LogP contribution in [0.2, 0.25) is 0 Å². The van der Waals surface area contributed by atoms with Crippen LogP contribution in [0.1, 0.15) is 35.4 Å². The van der Waals surface area contributed by atoms with Gasteiger partial charge in [-0.1, -0.05) is 42.0 Å². The van der Waals surface area contributed by atoms with Crippen molar-refractivity contribution in [2.75, 3.05) is 9.80 Å². The van der Waals surface area contributed by atoms with E-state index in [0.29, 0.717) is 15.7 Å². The molecule has 2 heterocycles. The predicted octanol–water partition coefficient (Wildman–Crippen LogP) is 8.49. The zero-order valence-electron chi connectivity index (χ0n) is 27.2. The first kappa shape index (κ1) is 36.0. The van der Waals surface area contributed by atoms with Crippen molar-refractivity contribution in [1.29, 1.82) is 0 Å². The highest BCUT2D eigenvalue weighted by molar-refractivity contribution is 6.58. The molecule has 2 aliphatic carbocycles. The average molecular weight is 792 g/mol. The number of aromatic hydroxyl groups is 1. The molecular formula is C38H23Cl2F7N2O5. The second-order valence-corrected chi connectivity index (χ2v) is 15.0. The van der Waals surface area contributed by atoms with E-state index in [0.717, 1.165) is 24.3 Å². The number of halogens is 9. The van der Waals surface area contributed by atoms with Gasteiger partial charge in [-0.3, -0.25) is 19.2 Å². The van der Waals surface area contributed by atoms with E-state index in [1.165, 1.54) is 12.1 Å². The maximum Gasteiger partial charge on any atom is 0.416 e. The molecule has 8 rings (SSSR count). The number of allylic oxidation sites excluding steroid dienone is 2. The van der Waals surface area contributed by atoms with E-state index in [-0.39, 0.29) is 52.1 Å². The van der Waals surface area contributed by atoms with Crippen LogP contribution >= 0.6 is 23.2 Å². The summed E-state index contributed by atoms with van der Waals surface area (Å²) in [5.74, 6) is -10.9. The lowest BCUT2D eigenvalue weighted by molar-refractivity contribution is -0.143. The van der Waals surface area contributed by atoms with E-state index in [1.807, 2.05) is 0 Å². The number of carbonyl (C=O) groups excluding carboxylic acids is 4. The number of benzene rings is 4. The predicted molar refractivity (Wildman–Crippen MR) is 181 cm³/mol. The SMILES string of the molecule is O=C1[C@H]2[C@H](CC=C3[C@H]2C[C@@]2(Cl)C(=O)N(c4ccc(F)cc4)C(=O)[C@@]2(Cl)[C@H]3c2c(O)ccc3ccccc23)C(=O)N1c1cc(C(F)(F)F)cc(C(F)(F)F)c1. The van der Waals surface area contributed by atoms with Crippen molar-refractivity contribution in [1.82, 2.24) is 0 Å². The Balaban J connectivity index is 1.32. The molecule has 4 amide bonds. The number of phenols is 1. The molecule has 7 nitrogen and oxygen atoms in total. The number of phenolic OH excluding ortho intramolecular Hbond substituents is 1. The van der Waals surface area contributed by atoms with Gasteiger partial charge in [0.1, 0.15) is 11.6 Å². The van der Waals surface area contributed by atoms with Crippen LogP contribution in [0, 0.1) is 23.6 Å². The van der Waals surface area contributed by atoms with Gasteiger partial charge in [0, 0.05) is 11.5 Å². The summed E-state index contributed by atoms with van der Waals surface area (Å²) in [4.78, 5) is 53.6. The lowest BCUT2D eigenvalue weighted by atomic mass is 9.56. The highest BCUT2D eigenvalue weighted by Crippen LogP contribution is 2.67. The minimum Gasteiger partial charge on any atom is -0.508 e. The molecule has 278 valence electrons. The summed E-state index contributed by atoms with van der Waals surface area (Å²) in [5, 5.41) is 12.4. The smallest absolute Gasteiger partial charge is 0.416 e. The van der Waals surface area contributed by atoms with Gasteiger partial charge >= 0.3 is 12.4 Å². The number of hydrogen-bond acceptors (Lipinski definition) is 5. The zero-order valence-corrected chi connectivity index (χ0v) is 28.7. The Labute approximate surface area is 310 Å². The normalized spacial score (nSPS) is 28.4. The van der Waals surface area contributed by atoms with Gasteiger partial charge < -0.3 is 5.11 Å². The second-order valence-electron chi connectivity index (χ2n) is 13.7. The summed E-state index contributed by atoms with van der Waals surface area (Å²) < 4.78 is 97.0. The molecule has 4 aliphatic rings. The molecule has 6 atom stereocenters. The topological polar surface area (TPSA) is 95.0 Å². The quantitative estimate of drug-likeness (QED) is 0.0973. The van der Waals surface area contributed by atoms with E-state index in [9.17, 15) is 55.0 Å². The lowest BCUT2D eigenvalue weighted by Gasteiger charge is -2.51. The van der Waals surface area contributed by atoms with Gasteiger partial charge in [-0.05, 0) is 78.1 Å². The number of nitrogens with zero attached hydrogens (tertiary/aromatic N) is 2. The second kappa shape index (κ2) is 11.8. The van der Waals surface area contributed by atoms with Gasteiger partial charge in [0.05, 0.1) is 34.3 Å². The molecule has 0 bridgehead atoms. The van der Waals surface area contributed by atoms with Crippen molar-refractivity contribution >= 4 is 69.0 Å². The van der Waals surface area contributed by atoms with E-state index in [4.69, 9.17) is 23.2 Å². The lowest BCUT2D eigenvalue weighted by Crippen LogP contribution is -2.60. The maximum absolute atomic E-state index is 14.6. The molecule has 0 aromatic heterocycles. The molecule has 16 heteroatoms. The molecule has 0 radical (unpaired) electrons. The summed E-state index contributed by atoms with van der Waals surface area (Å²) in [5.41, 5.74) is -4.28. The number of hydrogen-bond donors (Lipinski definition) is 1. The minimum atomic E-state index is -5.28. The first-order chi connectivity index (χ1) is 25.3. The van der Waals surface area contributed by atoms with Crippen molar-refractivity contribution in [3.8, 4) is 5.75 Å². The van der Waals surface area contributed by atoms with Crippen molar-refractivity contribution in [2.45, 2.75) is 40.9 Å². The molecule has 4 aromatic rings. The van der Waals surface area contributed by atoms with Gasteiger partial charge in [0.15, 0.2) is 9.75 Å². The van der Waals surface area contributed by atoms with Gasteiger partial charge in [0.2, 0.25) is 11.8 Å². The molecule has 1 N–H and O–H groups in total. The Morgan fingerprint density at radius 1 is 0.722 bits per heavy atom. The molecule has 0 unspecified atom stereocenters. The average Bonchev–Trinajstić information content (AvgIpc) is 3.45. The first-order valence-corrected chi connectivity index (χ1v) is 17.1. The maximum atomic E-state index is 14.6. The zero-order chi connectivity index (χ0) is 38.9. The van der Waals surface area contributed by atoms with Crippen molar-refractivity contribution < 1.29 is 55.0 Å². The first-order valence-electron chi connectivity index (χ1n) is 16.4. The van der Waals surface area contributed by atoms with Crippen LogP contribution in [-0.2, 0) is 31.5 Å². The van der Waals surface area contributed by atoms with Crippen molar-refractivity contribution in [3.05, 3.63) is 113 Å². The third-order valence-corrected chi connectivity index (χ3v) is 12.4. The molecule has 4 aromatic carbocycles. The van der Waals surface area contributed by atoms with Crippen LogP contribution in [0.15, 0.2) is 90.5 Å². The summed E-state index contributed by atoms with van der Waals surface area (Å²) in [7, 11) is 0. The highest BCUT2D eigenvalue weighted by Gasteiger charge is 2.77. The van der Waals surface area contributed by atoms with Crippen LogP contribution in [0.3, 0.4) is 0 Å². The van der Waals surface area contributed by atoms with Crippen LogP contribution in [-0.4, -0.2) is 38.5 Å². The fraction of sp³-hybridized carbons (Fsp3) is 0.263. The molecular weight excluding hydrogens is 768 g/mol. The van der Waals surface area contributed by atoms with E-state index in [2.05, 4.69) is 0 Å². The number of carbonyl (C=O) groups is 4. The van der Waals surface area contributed by atoms with E-state index < -0.39 is 98.5 Å². The van der Waals surface area contributed by atoms with Crippen LogP contribution in [0.5, 0.6) is 5.75 Å². The Kier molecular flexibility index (Phi) is 7.86. The summed E-state index contributed by atoms with van der Waals surface area (Å²) in [6.45, 7) is 0. The minimum absolute atomic E-state index is 0.0472. The summed E-state index contributed by atoms with van der Waals surface area (Å²) in [6.07, 6.45) is -9.91. The molecule has 0 spiro atoms. The Hall–Kier alpha value is -4.95. The Bertz CT molecular complexity index is 2330. The summed E-state index contributed by atoms with van der Waals surface area (Å²) in [6, 6.07) is 14.3. The molecule has 2 aliphatic heterocycles. The number of amides is 4. The van der Waals surface area contributed by atoms with E-state index in [1.54, 1.807) is 30.3 Å². The standard InChI is InChI=1S/C38H23Cl2F7N2O5/c39-35-16-26-24(10-11-25-28(26)32(52)48(31(25)51)22-14-18(37(42,43)44)13-19(15-22)38(45,46)47)30(29-23-4-2-1-3-17(23)5-12-27(29)50)36(35,40)34(54)49(33(35)53)21-8-6-20(41)7-9-21/h1-10,12-15,25-26,28,30,50H,11,16H2/t25-,26+,28-,30+,35+,36-/m0/s1. The Morgan fingerprint density at radius 3 is 1.98 bits per heavy atom. The molecule has 3 fully saturated rings. The summed E-state index contributed by atoms with van der Waals surface area (Å²) >= 11 is 14.7. The van der Waals surface area contributed by atoms with Gasteiger partial charge in [-0.15, -0.1) is 23.2 Å². The number of rotatable bonds is 3. The van der Waals surface area contributed by atoms with Crippen LogP contribution in [0.25, 0.3) is 10.8 Å². The molecule has 1 saturated carbocycles. The highest BCUT2D eigenvalue weighted by atomic mass is 35.5. The van der Waals surface area contributed by atoms with Crippen molar-refractivity contribution in [2.24, 2.45) is 17.8 Å². The molecule has 2 saturated heterocycles. The van der Waals surface area contributed by atoms with Gasteiger partial charge in [0.25, 0.3) is 11.8 Å². The Morgan fingerprint density at radius 2 is 1.35 bits per heavy atom. The largest absolute Gasteiger partial charge is 0.508 e. The van der Waals surface area contributed by atoms with Crippen molar-refractivity contribution in [3.63, 3.8) is 0 Å². The number of fused-ring (bicyclic) bond motifs is 5. The fourth-order valence-corrected chi connectivity index (χ4v) is 9.54. The van der Waals surface area contributed by atoms with Gasteiger partial charge in [-0.25, -0.2) is 14.2 Å². The third kappa shape index (κ3) is 4.94. The monoisotopic (exact) mass is 790 g/mol. The number of anilines is 2. The van der Waals surface area contributed by atoms with Crippen LogP contribution < -0.4 is 9.80 Å². The fourth-order valence-electron chi connectivity index (χ4n) is 8.63. The van der Waals surface area contributed by atoms with E-state index >= 15 is 0 Å².